The molecule has 3 nitrogen and oxygen atoms in total. The van der Waals surface area contributed by atoms with Crippen LogP contribution in [0.25, 0.3) is 0 Å². The number of benzene rings is 1. The van der Waals surface area contributed by atoms with Crippen LogP contribution in [0, 0.1) is 0 Å². The van der Waals surface area contributed by atoms with Crippen LogP contribution in [0.3, 0.4) is 0 Å². The molecular formula is C19H22N2O. The topological polar surface area (TPSA) is 33.2 Å². The van der Waals surface area contributed by atoms with E-state index in [1.54, 1.807) is 24.2 Å². The fourth-order valence-electron chi connectivity index (χ4n) is 2.19. The van der Waals surface area contributed by atoms with E-state index in [1.807, 2.05) is 43.3 Å². The van der Waals surface area contributed by atoms with E-state index in [-0.39, 0.29) is 5.91 Å². The normalized spacial score (nSPS) is 11.3. The summed E-state index contributed by atoms with van der Waals surface area (Å²) in [4.78, 5) is 18.1. The molecule has 0 atom stereocenters. The molecule has 0 unspecified atom stereocenters. The van der Waals surface area contributed by atoms with E-state index in [0.29, 0.717) is 6.54 Å². The largest absolute Gasteiger partial charge is 0.336 e. The van der Waals surface area contributed by atoms with Gasteiger partial charge in [-0.05, 0) is 37.5 Å². The Bertz CT molecular complexity index is 620. The van der Waals surface area contributed by atoms with Crippen LogP contribution in [0.15, 0.2) is 66.4 Å². The lowest BCUT2D eigenvalue weighted by molar-refractivity contribution is -0.125. The molecule has 0 fully saturated rings. The van der Waals surface area contributed by atoms with Crippen molar-refractivity contribution in [2.45, 2.75) is 26.3 Å². The summed E-state index contributed by atoms with van der Waals surface area (Å²) in [6.45, 7) is 2.54. The molecule has 0 saturated heterocycles. The summed E-state index contributed by atoms with van der Waals surface area (Å²) in [5.74, 6) is 0.0243. The molecule has 22 heavy (non-hydrogen) atoms. The number of carbonyl (C=O) groups excluding carboxylic acids is 1. The van der Waals surface area contributed by atoms with E-state index in [9.17, 15) is 4.79 Å². The van der Waals surface area contributed by atoms with Crippen LogP contribution in [0.1, 0.15) is 24.6 Å². The van der Waals surface area contributed by atoms with Crippen LogP contribution in [0.4, 0.5) is 0 Å². The molecule has 2 rings (SSSR count). The predicted molar refractivity (Wildman–Crippen MR) is 89.2 cm³/mol. The Balaban J connectivity index is 1.86. The van der Waals surface area contributed by atoms with Gasteiger partial charge in [0.1, 0.15) is 0 Å². The second-order valence-electron chi connectivity index (χ2n) is 5.49. The molecule has 0 radical (unpaired) electrons. The van der Waals surface area contributed by atoms with Gasteiger partial charge in [0.05, 0.1) is 12.2 Å². The Labute approximate surface area is 132 Å². The summed E-state index contributed by atoms with van der Waals surface area (Å²) in [5, 5.41) is 0. The van der Waals surface area contributed by atoms with Gasteiger partial charge in [-0.2, -0.15) is 0 Å². The van der Waals surface area contributed by atoms with Crippen molar-refractivity contribution >= 4 is 5.91 Å². The van der Waals surface area contributed by atoms with Gasteiger partial charge in [0.2, 0.25) is 5.91 Å². The smallest absolute Gasteiger partial charge is 0.246 e. The van der Waals surface area contributed by atoms with Crippen molar-refractivity contribution in [1.82, 2.24) is 9.88 Å². The molecule has 0 bridgehead atoms. The van der Waals surface area contributed by atoms with E-state index in [4.69, 9.17) is 0 Å². The van der Waals surface area contributed by atoms with Crippen molar-refractivity contribution in [2.24, 2.45) is 0 Å². The first-order valence-corrected chi connectivity index (χ1v) is 7.51. The van der Waals surface area contributed by atoms with Gasteiger partial charge in [-0.1, -0.05) is 42.0 Å². The van der Waals surface area contributed by atoms with Crippen molar-refractivity contribution in [3.63, 3.8) is 0 Å². The van der Waals surface area contributed by atoms with Crippen LogP contribution < -0.4 is 0 Å². The van der Waals surface area contributed by atoms with Crippen LogP contribution in [0.2, 0.25) is 0 Å². The average Bonchev–Trinajstić information content (AvgIpc) is 2.55. The lowest BCUT2D eigenvalue weighted by Gasteiger charge is -2.15. The number of pyridine rings is 1. The molecule has 1 amide bonds. The van der Waals surface area contributed by atoms with Crippen molar-refractivity contribution < 1.29 is 4.79 Å². The molecule has 0 aliphatic carbocycles. The summed E-state index contributed by atoms with van der Waals surface area (Å²) in [6, 6.07) is 16.1. The molecule has 0 saturated carbocycles. The number of hydrogen-bond donors (Lipinski definition) is 0. The van der Waals surface area contributed by atoms with Crippen LogP contribution in [-0.2, 0) is 17.8 Å². The number of carbonyl (C=O) groups is 1. The van der Waals surface area contributed by atoms with E-state index < -0.39 is 0 Å². The Hall–Kier alpha value is -2.42. The second-order valence-corrected chi connectivity index (χ2v) is 5.49. The fraction of sp³-hybridized carbons (Fsp3) is 0.263. The number of aryl methyl sites for hydroxylation is 1. The van der Waals surface area contributed by atoms with Gasteiger partial charge in [-0.3, -0.25) is 9.78 Å². The minimum Gasteiger partial charge on any atom is -0.336 e. The number of rotatable bonds is 6. The van der Waals surface area contributed by atoms with E-state index in [0.717, 1.165) is 24.1 Å². The first-order valence-electron chi connectivity index (χ1n) is 7.51. The van der Waals surface area contributed by atoms with Crippen molar-refractivity contribution in [3.05, 3.63) is 77.6 Å². The van der Waals surface area contributed by atoms with Crippen molar-refractivity contribution in [1.29, 1.82) is 0 Å². The quantitative estimate of drug-likeness (QED) is 0.762. The van der Waals surface area contributed by atoms with Crippen molar-refractivity contribution in [2.75, 3.05) is 7.05 Å². The maximum atomic E-state index is 12.2. The van der Waals surface area contributed by atoms with E-state index >= 15 is 0 Å². The molecule has 1 aromatic carbocycles. The van der Waals surface area contributed by atoms with Gasteiger partial charge in [0, 0.05) is 19.3 Å². The van der Waals surface area contributed by atoms with E-state index in [2.05, 4.69) is 17.1 Å². The molecule has 0 aliphatic heterocycles. The number of nitrogens with zero attached hydrogens (tertiary/aromatic N) is 2. The van der Waals surface area contributed by atoms with Crippen LogP contribution >= 0.6 is 0 Å². The molecule has 114 valence electrons. The first-order chi connectivity index (χ1) is 10.6. The highest BCUT2D eigenvalue weighted by Gasteiger charge is 2.07. The number of allylic oxidation sites excluding steroid dienone is 1. The standard InChI is InChI=1S/C19H22N2O/c1-16(11-12-17-8-4-3-5-9-17)14-19(22)21(2)15-18-10-6-7-13-20-18/h3-10,13-14H,11-12,15H2,1-2H3. The van der Waals surface area contributed by atoms with Gasteiger partial charge in [-0.25, -0.2) is 0 Å². The minimum absolute atomic E-state index is 0.0243. The lowest BCUT2D eigenvalue weighted by Crippen LogP contribution is -2.25. The summed E-state index contributed by atoms with van der Waals surface area (Å²) >= 11 is 0. The molecular weight excluding hydrogens is 272 g/mol. The van der Waals surface area contributed by atoms with Gasteiger partial charge in [0.25, 0.3) is 0 Å². The number of amides is 1. The molecule has 0 N–H and O–H groups in total. The molecule has 0 spiro atoms. The van der Waals surface area contributed by atoms with Gasteiger partial charge >= 0.3 is 0 Å². The summed E-state index contributed by atoms with van der Waals surface area (Å²) in [7, 11) is 1.80. The zero-order valence-corrected chi connectivity index (χ0v) is 13.2. The summed E-state index contributed by atoms with van der Waals surface area (Å²) < 4.78 is 0. The third kappa shape index (κ3) is 5.17. The molecule has 0 aliphatic rings. The first kappa shape index (κ1) is 16.0. The average molecular weight is 294 g/mol. The third-order valence-corrected chi connectivity index (χ3v) is 3.52. The molecule has 1 heterocycles. The van der Waals surface area contributed by atoms with Crippen LogP contribution in [0.5, 0.6) is 0 Å². The molecule has 2 aromatic rings. The minimum atomic E-state index is 0.0243. The maximum absolute atomic E-state index is 12.2. The maximum Gasteiger partial charge on any atom is 0.246 e. The van der Waals surface area contributed by atoms with Gasteiger partial charge in [0.15, 0.2) is 0 Å². The zero-order chi connectivity index (χ0) is 15.8. The Morgan fingerprint density at radius 2 is 1.86 bits per heavy atom. The summed E-state index contributed by atoms with van der Waals surface area (Å²) in [6.07, 6.45) is 5.33. The highest BCUT2D eigenvalue weighted by Crippen LogP contribution is 2.09. The monoisotopic (exact) mass is 294 g/mol. The SMILES string of the molecule is CC(=CC(=O)N(C)Cc1ccccn1)CCc1ccccc1. The number of hydrogen-bond acceptors (Lipinski definition) is 2. The van der Waals surface area contributed by atoms with E-state index in [1.165, 1.54) is 5.56 Å². The molecule has 3 heteroatoms. The third-order valence-electron chi connectivity index (χ3n) is 3.52. The molecule has 1 aromatic heterocycles. The van der Waals surface area contributed by atoms with Gasteiger partial charge < -0.3 is 4.90 Å². The second kappa shape index (κ2) is 8.13. The highest BCUT2D eigenvalue weighted by molar-refractivity contribution is 5.87. The predicted octanol–water partition coefficient (Wildman–Crippen LogP) is 3.62. The highest BCUT2D eigenvalue weighted by atomic mass is 16.2. The fourth-order valence-corrected chi connectivity index (χ4v) is 2.19. The summed E-state index contributed by atoms with van der Waals surface area (Å²) in [5.41, 5.74) is 3.29. The Morgan fingerprint density at radius 3 is 2.55 bits per heavy atom. The Kier molecular flexibility index (Phi) is 5.90. The lowest BCUT2D eigenvalue weighted by atomic mass is 10.1. The Morgan fingerprint density at radius 1 is 1.14 bits per heavy atom. The van der Waals surface area contributed by atoms with Crippen LogP contribution in [-0.4, -0.2) is 22.8 Å². The van der Waals surface area contributed by atoms with Crippen molar-refractivity contribution in [3.8, 4) is 0 Å². The number of likely N-dealkylation sites (N-methyl/N-ethyl adjacent to an activating group) is 1. The zero-order valence-electron chi connectivity index (χ0n) is 13.2. The number of aromatic nitrogens is 1. The van der Waals surface area contributed by atoms with Gasteiger partial charge in [-0.15, -0.1) is 0 Å².